The van der Waals surface area contributed by atoms with Crippen LogP contribution in [0.3, 0.4) is 0 Å². The lowest BCUT2D eigenvalue weighted by molar-refractivity contribution is 0.103. The summed E-state index contributed by atoms with van der Waals surface area (Å²) in [5.41, 5.74) is 1.09. The minimum absolute atomic E-state index is 0. The number of carbonyl (C=O) groups is 1. The zero-order valence-electron chi connectivity index (χ0n) is 13.4. The van der Waals surface area contributed by atoms with Gasteiger partial charge in [0.1, 0.15) is 30.8 Å². The van der Waals surface area contributed by atoms with Crippen molar-refractivity contribution in [2.24, 2.45) is 0 Å². The van der Waals surface area contributed by atoms with Gasteiger partial charge in [-0.2, -0.15) is 13.5 Å². The molecule has 0 aliphatic rings. The second kappa shape index (κ2) is 10.7. The molecule has 2 aromatic carbocycles. The van der Waals surface area contributed by atoms with Gasteiger partial charge in [-0.25, -0.2) is 0 Å². The highest BCUT2D eigenvalue weighted by Crippen LogP contribution is 2.18. The number of rotatable bonds is 8. The molecule has 0 amide bonds. The average molecular weight is 379 g/mol. The molecule has 0 aliphatic carbocycles. The van der Waals surface area contributed by atoms with Gasteiger partial charge < -0.3 is 14.6 Å². The smallest absolute Gasteiger partial charge is 0.193 e. The van der Waals surface area contributed by atoms with Gasteiger partial charge in [0.25, 0.3) is 0 Å². The van der Waals surface area contributed by atoms with Crippen LogP contribution >= 0.6 is 25.1 Å². The van der Waals surface area contributed by atoms with Crippen molar-refractivity contribution in [2.75, 3.05) is 19.1 Å². The van der Waals surface area contributed by atoms with Crippen molar-refractivity contribution in [3.63, 3.8) is 0 Å². The number of ether oxygens (including phenoxy) is 2. The second-order valence-corrected chi connectivity index (χ2v) is 5.30. The Morgan fingerprint density at radius 3 is 1.96 bits per heavy atom. The Labute approximate surface area is 159 Å². The van der Waals surface area contributed by atoms with E-state index in [1.54, 1.807) is 48.5 Å². The molecule has 0 radical (unpaired) electrons. The van der Waals surface area contributed by atoms with E-state index in [4.69, 9.17) is 27.5 Å². The highest BCUT2D eigenvalue weighted by molar-refractivity contribution is 7.59. The van der Waals surface area contributed by atoms with Crippen LogP contribution in [0.15, 0.2) is 48.5 Å². The van der Waals surface area contributed by atoms with Crippen molar-refractivity contribution in [3.05, 3.63) is 59.7 Å². The molecular weight excluding hydrogens is 360 g/mol. The third kappa shape index (κ3) is 6.35. The number of hydrogen-bond acceptors (Lipinski definition) is 4. The minimum atomic E-state index is -0.719. The largest absolute Gasteiger partial charge is 0.491 e. The molecule has 1 atom stereocenters. The fraction of sp³-hybridized carbons (Fsp3) is 0.211. The van der Waals surface area contributed by atoms with Gasteiger partial charge in [-0.1, -0.05) is 5.92 Å². The number of carbonyl (C=O) groups excluding carboxylic acids is 1. The predicted molar refractivity (Wildman–Crippen MR) is 103 cm³/mol. The SMILES string of the molecule is C#CCOc1ccc(C(=O)c2ccc(OCC(O)CCl)cc2)cc1.S. The van der Waals surface area contributed by atoms with Gasteiger partial charge in [-0.3, -0.25) is 4.79 Å². The number of aliphatic hydroxyl groups excluding tert-OH is 1. The van der Waals surface area contributed by atoms with Crippen LogP contribution in [0.5, 0.6) is 11.5 Å². The quantitative estimate of drug-likeness (QED) is 0.436. The van der Waals surface area contributed by atoms with E-state index < -0.39 is 6.10 Å². The van der Waals surface area contributed by atoms with Crippen molar-refractivity contribution in [1.29, 1.82) is 0 Å². The molecule has 25 heavy (non-hydrogen) atoms. The molecule has 0 saturated heterocycles. The number of halogens is 1. The number of ketones is 1. The van der Waals surface area contributed by atoms with E-state index in [2.05, 4.69) is 5.92 Å². The third-order valence-electron chi connectivity index (χ3n) is 3.18. The summed E-state index contributed by atoms with van der Waals surface area (Å²) in [6, 6.07) is 13.5. The first-order valence-electron chi connectivity index (χ1n) is 7.32. The van der Waals surface area contributed by atoms with E-state index in [9.17, 15) is 9.90 Å². The Morgan fingerprint density at radius 2 is 1.52 bits per heavy atom. The Bertz CT molecular complexity index is 708. The summed E-state index contributed by atoms with van der Waals surface area (Å²) < 4.78 is 10.6. The summed E-state index contributed by atoms with van der Waals surface area (Å²) in [4.78, 5) is 12.4. The zero-order valence-corrected chi connectivity index (χ0v) is 15.2. The summed E-state index contributed by atoms with van der Waals surface area (Å²) >= 11 is 5.50. The number of alkyl halides is 1. The maximum Gasteiger partial charge on any atom is 0.193 e. The molecule has 0 saturated carbocycles. The normalized spacial score (nSPS) is 10.9. The fourth-order valence-corrected chi connectivity index (χ4v) is 2.02. The molecule has 0 aromatic heterocycles. The number of benzene rings is 2. The van der Waals surface area contributed by atoms with Gasteiger partial charge >= 0.3 is 0 Å². The van der Waals surface area contributed by atoms with Crippen LogP contribution in [0.2, 0.25) is 0 Å². The molecule has 0 bridgehead atoms. The lowest BCUT2D eigenvalue weighted by Gasteiger charge is -2.10. The summed E-state index contributed by atoms with van der Waals surface area (Å²) in [5, 5.41) is 9.35. The molecule has 2 aromatic rings. The van der Waals surface area contributed by atoms with Crippen LogP contribution in [0.25, 0.3) is 0 Å². The van der Waals surface area contributed by atoms with Crippen molar-refractivity contribution < 1.29 is 19.4 Å². The molecule has 6 heteroatoms. The first-order chi connectivity index (χ1) is 11.6. The Kier molecular flexibility index (Phi) is 8.93. The molecule has 0 fully saturated rings. The van der Waals surface area contributed by atoms with Gasteiger partial charge in [0.15, 0.2) is 5.78 Å². The second-order valence-electron chi connectivity index (χ2n) is 4.99. The van der Waals surface area contributed by atoms with Gasteiger partial charge in [0, 0.05) is 11.1 Å². The van der Waals surface area contributed by atoms with Crippen molar-refractivity contribution in [3.8, 4) is 23.8 Å². The van der Waals surface area contributed by atoms with Gasteiger partial charge in [0.2, 0.25) is 0 Å². The fourth-order valence-electron chi connectivity index (χ4n) is 1.93. The van der Waals surface area contributed by atoms with Gasteiger partial charge in [-0.15, -0.1) is 18.0 Å². The lowest BCUT2D eigenvalue weighted by Crippen LogP contribution is -2.18. The first-order valence-corrected chi connectivity index (χ1v) is 7.85. The van der Waals surface area contributed by atoms with Crippen molar-refractivity contribution in [2.45, 2.75) is 6.10 Å². The van der Waals surface area contributed by atoms with E-state index in [0.29, 0.717) is 22.6 Å². The Morgan fingerprint density at radius 1 is 1.04 bits per heavy atom. The molecular formula is C19H19ClO4S. The number of terminal acetylenes is 1. The summed E-state index contributed by atoms with van der Waals surface area (Å²) in [6.45, 7) is 0.295. The van der Waals surface area contributed by atoms with E-state index in [1.165, 1.54) is 0 Å². The van der Waals surface area contributed by atoms with Crippen LogP contribution in [0.4, 0.5) is 0 Å². The average Bonchev–Trinajstić information content (AvgIpc) is 2.64. The molecule has 132 valence electrons. The predicted octanol–water partition coefficient (Wildman–Crippen LogP) is 3.02. The summed E-state index contributed by atoms with van der Waals surface area (Å²) in [5.74, 6) is 3.57. The zero-order chi connectivity index (χ0) is 17.4. The van der Waals surface area contributed by atoms with Crippen molar-refractivity contribution >= 4 is 30.9 Å². The maximum absolute atomic E-state index is 12.4. The molecule has 1 unspecified atom stereocenters. The number of aliphatic hydroxyl groups is 1. The van der Waals surface area contributed by atoms with Crippen LogP contribution < -0.4 is 9.47 Å². The molecule has 0 spiro atoms. The van der Waals surface area contributed by atoms with Crippen LogP contribution in [0, 0.1) is 12.3 Å². The first kappa shape index (κ1) is 20.9. The molecule has 4 nitrogen and oxygen atoms in total. The standard InChI is InChI=1S/C19H17ClO4.H2S/c1-2-11-23-17-7-3-14(4-8-17)19(22)15-5-9-18(10-6-15)24-13-16(21)12-20;/h1,3-10,16,21H,11-13H2;1H2. The highest BCUT2D eigenvalue weighted by atomic mass is 35.5. The molecule has 2 rings (SSSR count). The molecule has 0 aliphatic heterocycles. The van der Waals surface area contributed by atoms with Crippen LogP contribution in [-0.2, 0) is 0 Å². The van der Waals surface area contributed by atoms with E-state index in [1.807, 2.05) is 0 Å². The lowest BCUT2D eigenvalue weighted by atomic mass is 10.0. The van der Waals surface area contributed by atoms with Gasteiger partial charge in [0.05, 0.1) is 5.88 Å². The molecule has 1 N–H and O–H groups in total. The van der Waals surface area contributed by atoms with Gasteiger partial charge in [-0.05, 0) is 48.5 Å². The summed E-state index contributed by atoms with van der Waals surface area (Å²) in [7, 11) is 0. The topological polar surface area (TPSA) is 55.8 Å². The summed E-state index contributed by atoms with van der Waals surface area (Å²) in [6.07, 6.45) is 4.41. The molecule has 0 heterocycles. The van der Waals surface area contributed by atoms with Crippen LogP contribution in [0.1, 0.15) is 15.9 Å². The van der Waals surface area contributed by atoms with E-state index >= 15 is 0 Å². The maximum atomic E-state index is 12.4. The third-order valence-corrected chi connectivity index (χ3v) is 3.53. The van der Waals surface area contributed by atoms with E-state index in [-0.39, 0.29) is 38.4 Å². The minimum Gasteiger partial charge on any atom is -0.491 e. The highest BCUT2D eigenvalue weighted by Gasteiger charge is 2.10. The monoisotopic (exact) mass is 378 g/mol. The Hall–Kier alpha value is -2.13. The number of hydrogen-bond donors (Lipinski definition) is 1. The van der Waals surface area contributed by atoms with E-state index in [0.717, 1.165) is 0 Å². The van der Waals surface area contributed by atoms with Crippen LogP contribution in [-0.4, -0.2) is 36.1 Å². The Balaban J connectivity index is 0.00000312. The van der Waals surface area contributed by atoms with Crippen molar-refractivity contribution in [1.82, 2.24) is 0 Å².